The molecule has 0 saturated carbocycles. The maximum Gasteiger partial charge on any atom is 0.259 e. The Morgan fingerprint density at radius 3 is 2.15 bits per heavy atom. The van der Waals surface area contributed by atoms with Crippen LogP contribution >= 0.6 is 12.2 Å². The minimum atomic E-state index is -1.71. The summed E-state index contributed by atoms with van der Waals surface area (Å²) in [5.74, 6) is 0.556. The summed E-state index contributed by atoms with van der Waals surface area (Å²) >= 11 is 5.37. The van der Waals surface area contributed by atoms with Crippen molar-refractivity contribution >= 4 is 23.6 Å². The number of amides is 1. The largest absolute Gasteiger partial charge is 0.494 e. The molecular weight excluding hydrogens is 518 g/mol. The van der Waals surface area contributed by atoms with Crippen LogP contribution in [0.15, 0.2) is 97.6 Å². The number of carbonyl (C=O) groups is 1. The van der Waals surface area contributed by atoms with Crippen LogP contribution in [0.4, 0.5) is 0 Å². The first-order chi connectivity index (χ1) is 18.9. The van der Waals surface area contributed by atoms with Crippen LogP contribution in [0.1, 0.15) is 68.6 Å². The lowest BCUT2D eigenvalue weighted by molar-refractivity contribution is -0.142. The van der Waals surface area contributed by atoms with Crippen molar-refractivity contribution in [1.29, 1.82) is 0 Å². The van der Waals surface area contributed by atoms with Crippen molar-refractivity contribution in [2.24, 2.45) is 5.92 Å². The average Bonchev–Trinajstić information content (AvgIpc) is 2.96. The standard InChI is InChI=1S/C33H39NO4S.CH4/c1-5-7-22-37-29-20-18-27(19-21-29)32(35)34(24-39)30(6-2)33(36,28-16-12-9-13-17-28)31(38-23-25(3)4)26-14-10-8-11-15-26;/h6,8-21,24-25,30-31,36H,2,5,7,22-23H2,1,3-4H3;1H4/t30-,31?,33?;/m0./s1. The fourth-order valence-electron chi connectivity index (χ4n) is 4.50. The summed E-state index contributed by atoms with van der Waals surface area (Å²) in [6.45, 7) is 11.3. The first kappa shape index (κ1) is 32.9. The van der Waals surface area contributed by atoms with Crippen LogP contribution in [0, 0.1) is 5.92 Å². The third kappa shape index (κ3) is 7.87. The number of hydrogen-bond donors (Lipinski definition) is 1. The van der Waals surface area contributed by atoms with Crippen LogP contribution < -0.4 is 4.74 Å². The predicted molar refractivity (Wildman–Crippen MR) is 168 cm³/mol. The topological polar surface area (TPSA) is 59.0 Å². The second-order valence-electron chi connectivity index (χ2n) is 9.93. The van der Waals surface area contributed by atoms with E-state index < -0.39 is 17.7 Å². The van der Waals surface area contributed by atoms with Gasteiger partial charge in [0.05, 0.1) is 18.1 Å². The van der Waals surface area contributed by atoms with E-state index in [4.69, 9.17) is 21.7 Å². The number of carbonyl (C=O) groups excluding carboxylic acids is 1. The Bertz CT molecular complexity index is 1180. The average molecular weight is 562 g/mol. The Labute approximate surface area is 245 Å². The lowest BCUT2D eigenvalue weighted by atomic mass is 9.77. The van der Waals surface area contributed by atoms with E-state index in [0.717, 1.165) is 18.4 Å². The fourth-order valence-corrected chi connectivity index (χ4v) is 4.73. The van der Waals surface area contributed by atoms with Crippen molar-refractivity contribution < 1.29 is 19.4 Å². The van der Waals surface area contributed by atoms with Crippen molar-refractivity contribution in [1.82, 2.24) is 4.90 Å². The highest BCUT2D eigenvalue weighted by Gasteiger charge is 2.49. The van der Waals surface area contributed by atoms with Crippen molar-refractivity contribution in [2.45, 2.75) is 58.8 Å². The molecule has 1 amide bonds. The second kappa shape index (κ2) is 16.1. The molecule has 0 aliphatic rings. The van der Waals surface area contributed by atoms with Gasteiger partial charge in [-0.05, 0) is 47.7 Å². The molecule has 3 aromatic carbocycles. The number of hydrogen-bond acceptors (Lipinski definition) is 5. The minimum Gasteiger partial charge on any atom is -0.494 e. The Morgan fingerprint density at radius 2 is 1.62 bits per heavy atom. The lowest BCUT2D eigenvalue weighted by Gasteiger charge is -2.45. The molecule has 1 N–H and O–H groups in total. The first-order valence-corrected chi connectivity index (χ1v) is 13.9. The van der Waals surface area contributed by atoms with Crippen molar-refractivity contribution in [3.05, 3.63) is 114 Å². The number of unbranched alkanes of at least 4 members (excludes halogenated alkanes) is 1. The van der Waals surface area contributed by atoms with Crippen molar-refractivity contribution in [3.63, 3.8) is 0 Å². The van der Waals surface area contributed by atoms with Gasteiger partial charge in [0, 0.05) is 12.2 Å². The molecule has 40 heavy (non-hydrogen) atoms. The Morgan fingerprint density at radius 1 is 1.02 bits per heavy atom. The number of benzene rings is 3. The first-order valence-electron chi connectivity index (χ1n) is 13.4. The zero-order valence-corrected chi connectivity index (χ0v) is 23.8. The molecule has 0 bridgehead atoms. The molecule has 0 aromatic heterocycles. The third-order valence-electron chi connectivity index (χ3n) is 6.52. The van der Waals surface area contributed by atoms with Crippen LogP contribution in [0.5, 0.6) is 5.75 Å². The molecule has 0 aliphatic heterocycles. The molecule has 214 valence electrons. The van der Waals surface area contributed by atoms with E-state index in [2.05, 4.69) is 27.4 Å². The molecular formula is C34H43NO4S. The van der Waals surface area contributed by atoms with E-state index in [1.807, 2.05) is 60.7 Å². The van der Waals surface area contributed by atoms with Gasteiger partial charge in [0.2, 0.25) is 0 Å². The Kier molecular flexibility index (Phi) is 13.2. The SMILES string of the molecule is C.C=C[C@H](N(C=S)C(=O)c1ccc(OCCCC)cc1)C(O)(c1ccccc1)C(OCC(C)C)c1ccccc1. The summed E-state index contributed by atoms with van der Waals surface area (Å²) in [4.78, 5) is 15.2. The van der Waals surface area contributed by atoms with Crippen LogP contribution in [-0.4, -0.2) is 40.7 Å². The summed E-state index contributed by atoms with van der Waals surface area (Å²) in [6, 6.07) is 24.8. The monoisotopic (exact) mass is 561 g/mol. The van der Waals surface area contributed by atoms with Crippen LogP contribution in [0.3, 0.4) is 0 Å². The Balaban J connectivity index is 0.00000560. The van der Waals surface area contributed by atoms with Gasteiger partial charge in [0.15, 0.2) is 0 Å². The minimum absolute atomic E-state index is 0. The molecule has 6 heteroatoms. The van der Waals surface area contributed by atoms with Crippen LogP contribution in [0.2, 0.25) is 0 Å². The van der Waals surface area contributed by atoms with Crippen LogP contribution in [0.25, 0.3) is 0 Å². The smallest absolute Gasteiger partial charge is 0.259 e. The number of ether oxygens (including phenoxy) is 2. The van der Waals surface area contributed by atoms with E-state index >= 15 is 0 Å². The van der Waals surface area contributed by atoms with E-state index in [1.165, 1.54) is 10.4 Å². The normalized spacial score (nSPS) is 13.8. The van der Waals surface area contributed by atoms with Gasteiger partial charge >= 0.3 is 0 Å². The molecule has 0 aliphatic carbocycles. The fraction of sp³-hybridized carbons (Fsp3) is 0.353. The van der Waals surface area contributed by atoms with Gasteiger partial charge in [0.25, 0.3) is 5.91 Å². The van der Waals surface area contributed by atoms with E-state index in [1.54, 1.807) is 30.3 Å². The van der Waals surface area contributed by atoms with Crippen molar-refractivity contribution in [3.8, 4) is 5.75 Å². The van der Waals surface area contributed by atoms with Gasteiger partial charge in [0.1, 0.15) is 17.5 Å². The maximum atomic E-state index is 13.8. The summed E-state index contributed by atoms with van der Waals surface area (Å²) in [7, 11) is 0. The Hall–Kier alpha value is -3.32. The summed E-state index contributed by atoms with van der Waals surface area (Å²) in [5.41, 5.74) is 1.34. The molecule has 3 rings (SSSR count). The molecule has 3 aromatic rings. The van der Waals surface area contributed by atoms with Gasteiger partial charge in [-0.2, -0.15) is 0 Å². The number of aliphatic hydroxyl groups is 1. The highest BCUT2D eigenvalue weighted by Crippen LogP contribution is 2.43. The highest BCUT2D eigenvalue weighted by atomic mass is 32.1. The molecule has 5 nitrogen and oxygen atoms in total. The molecule has 2 unspecified atom stereocenters. The summed E-state index contributed by atoms with van der Waals surface area (Å²) < 4.78 is 12.2. The maximum absolute atomic E-state index is 13.8. The van der Waals surface area contributed by atoms with Crippen LogP contribution in [-0.2, 0) is 10.3 Å². The van der Waals surface area contributed by atoms with E-state index in [9.17, 15) is 9.90 Å². The molecule has 0 spiro atoms. The van der Waals surface area contributed by atoms with E-state index in [-0.39, 0.29) is 19.3 Å². The molecule has 0 radical (unpaired) electrons. The molecule has 0 fully saturated rings. The zero-order chi connectivity index (χ0) is 28.3. The van der Waals surface area contributed by atoms with Gasteiger partial charge in [-0.1, -0.05) is 114 Å². The predicted octanol–water partition coefficient (Wildman–Crippen LogP) is 7.76. The molecule has 3 atom stereocenters. The number of nitrogens with zero attached hydrogens (tertiary/aromatic N) is 1. The quantitative estimate of drug-likeness (QED) is 0.117. The lowest BCUT2D eigenvalue weighted by Crippen LogP contribution is -2.55. The second-order valence-corrected chi connectivity index (χ2v) is 10.1. The zero-order valence-electron chi connectivity index (χ0n) is 23.0. The van der Waals surface area contributed by atoms with Gasteiger partial charge in [-0.15, -0.1) is 6.58 Å². The van der Waals surface area contributed by atoms with Gasteiger partial charge in [-0.3, -0.25) is 9.69 Å². The van der Waals surface area contributed by atoms with Gasteiger partial charge < -0.3 is 14.6 Å². The van der Waals surface area contributed by atoms with E-state index in [0.29, 0.717) is 30.1 Å². The number of rotatable bonds is 15. The van der Waals surface area contributed by atoms with Gasteiger partial charge in [-0.25, -0.2) is 0 Å². The summed E-state index contributed by atoms with van der Waals surface area (Å²) in [6.07, 6.45) is 2.74. The molecule has 0 heterocycles. The third-order valence-corrected chi connectivity index (χ3v) is 6.75. The number of thiocarbonyl (C=S) groups is 1. The highest BCUT2D eigenvalue weighted by molar-refractivity contribution is 7.78. The summed E-state index contributed by atoms with van der Waals surface area (Å²) in [5, 5.41) is 12.8. The molecule has 0 saturated heterocycles. The van der Waals surface area contributed by atoms with Crippen molar-refractivity contribution in [2.75, 3.05) is 13.2 Å².